The number of carbonyl (C=O) groups excluding carboxylic acids is 2. The van der Waals surface area contributed by atoms with Crippen molar-refractivity contribution >= 4 is 29.6 Å². The Balaban J connectivity index is 1.71. The molecule has 0 bridgehead atoms. The predicted octanol–water partition coefficient (Wildman–Crippen LogP) is 3.97. The first-order chi connectivity index (χ1) is 14.9. The fourth-order valence-corrected chi connectivity index (χ4v) is 3.78. The molecule has 1 aliphatic heterocycles. The third-order valence-electron chi connectivity index (χ3n) is 5.42. The molecule has 2 atom stereocenters. The van der Waals surface area contributed by atoms with Gasteiger partial charge in [0.25, 0.3) is 5.91 Å². The molecule has 0 spiro atoms. The molecule has 1 fully saturated rings. The smallest absolute Gasteiger partial charge is 0.304 e. The fourth-order valence-electron chi connectivity index (χ4n) is 3.65. The Morgan fingerprint density at radius 2 is 1.68 bits per heavy atom. The molecule has 1 heterocycles. The van der Waals surface area contributed by atoms with Crippen LogP contribution in [0.2, 0.25) is 5.02 Å². The van der Waals surface area contributed by atoms with Gasteiger partial charge in [0.1, 0.15) is 0 Å². The van der Waals surface area contributed by atoms with Crippen molar-refractivity contribution in [3.8, 4) is 0 Å². The van der Waals surface area contributed by atoms with E-state index in [0.717, 1.165) is 22.3 Å². The SMILES string of the molecule is Cc1ccc(C(=O)N[C@@H]2C(=O)N/[N+](=C\c3ccccc3C)[C@@H]2c2ccc(Cl)cc2)cc1. The number of halogens is 1. The van der Waals surface area contributed by atoms with Gasteiger partial charge in [0.05, 0.1) is 0 Å². The molecule has 0 saturated carbocycles. The van der Waals surface area contributed by atoms with Crippen LogP contribution < -0.4 is 10.7 Å². The maximum Gasteiger partial charge on any atom is 0.304 e. The van der Waals surface area contributed by atoms with Crippen LogP contribution in [0.5, 0.6) is 0 Å². The summed E-state index contributed by atoms with van der Waals surface area (Å²) in [6, 6.07) is 21.3. The van der Waals surface area contributed by atoms with Gasteiger partial charge in [-0.15, -0.1) is 10.1 Å². The highest BCUT2D eigenvalue weighted by atomic mass is 35.5. The zero-order valence-electron chi connectivity index (χ0n) is 17.3. The number of amides is 2. The van der Waals surface area contributed by atoms with Crippen LogP contribution in [0.4, 0.5) is 0 Å². The van der Waals surface area contributed by atoms with Gasteiger partial charge in [-0.2, -0.15) is 0 Å². The van der Waals surface area contributed by atoms with Crippen molar-refractivity contribution in [2.75, 3.05) is 0 Å². The quantitative estimate of drug-likeness (QED) is 0.613. The highest BCUT2D eigenvalue weighted by Gasteiger charge is 2.47. The first kappa shape index (κ1) is 20.8. The van der Waals surface area contributed by atoms with Gasteiger partial charge >= 0.3 is 5.91 Å². The summed E-state index contributed by atoms with van der Waals surface area (Å²) >= 11 is 6.07. The molecule has 2 N–H and O–H groups in total. The second-order valence-corrected chi connectivity index (χ2v) is 8.12. The van der Waals surface area contributed by atoms with E-state index < -0.39 is 12.1 Å². The van der Waals surface area contributed by atoms with Crippen molar-refractivity contribution < 1.29 is 14.3 Å². The maximum atomic E-state index is 12.9. The zero-order valence-corrected chi connectivity index (χ0v) is 18.1. The van der Waals surface area contributed by atoms with Gasteiger partial charge in [0.15, 0.2) is 6.04 Å². The second kappa shape index (κ2) is 8.74. The van der Waals surface area contributed by atoms with Gasteiger partial charge in [-0.05, 0) is 49.7 Å². The molecule has 3 aromatic carbocycles. The number of nitrogens with one attached hydrogen (secondary N) is 2. The second-order valence-electron chi connectivity index (χ2n) is 7.68. The van der Waals surface area contributed by atoms with Crippen LogP contribution >= 0.6 is 11.6 Å². The number of benzene rings is 3. The molecule has 156 valence electrons. The summed E-state index contributed by atoms with van der Waals surface area (Å²) < 4.78 is 1.76. The van der Waals surface area contributed by atoms with E-state index >= 15 is 0 Å². The number of hydrazone groups is 1. The fraction of sp³-hybridized carbons (Fsp3) is 0.160. The largest absolute Gasteiger partial charge is 0.334 e. The predicted molar refractivity (Wildman–Crippen MR) is 121 cm³/mol. The number of hydrazine groups is 1. The monoisotopic (exact) mass is 432 g/mol. The molecule has 0 radical (unpaired) electrons. The molecular weight excluding hydrogens is 410 g/mol. The third-order valence-corrected chi connectivity index (χ3v) is 5.67. The lowest BCUT2D eigenvalue weighted by atomic mass is 9.99. The summed E-state index contributed by atoms with van der Waals surface area (Å²) in [5, 5.41) is 3.52. The van der Waals surface area contributed by atoms with E-state index in [4.69, 9.17) is 11.6 Å². The highest BCUT2D eigenvalue weighted by Crippen LogP contribution is 2.27. The Morgan fingerprint density at radius 3 is 2.35 bits per heavy atom. The van der Waals surface area contributed by atoms with Crippen LogP contribution in [0.15, 0.2) is 72.8 Å². The van der Waals surface area contributed by atoms with E-state index in [-0.39, 0.29) is 11.8 Å². The van der Waals surface area contributed by atoms with Crippen molar-refractivity contribution in [3.05, 3.63) is 106 Å². The average Bonchev–Trinajstić information content (AvgIpc) is 3.05. The molecule has 6 heteroatoms. The molecule has 0 aromatic heterocycles. The molecule has 31 heavy (non-hydrogen) atoms. The van der Waals surface area contributed by atoms with E-state index in [0.29, 0.717) is 10.6 Å². The maximum absolute atomic E-state index is 12.9. The van der Waals surface area contributed by atoms with E-state index in [1.807, 2.05) is 68.6 Å². The lowest BCUT2D eigenvalue weighted by Crippen LogP contribution is -2.42. The lowest BCUT2D eigenvalue weighted by Gasteiger charge is -2.15. The van der Waals surface area contributed by atoms with Crippen molar-refractivity contribution in [1.29, 1.82) is 0 Å². The molecule has 1 aliphatic rings. The van der Waals surface area contributed by atoms with Crippen LogP contribution in [-0.2, 0) is 4.79 Å². The Labute approximate surface area is 186 Å². The molecule has 2 amide bonds. The Bertz CT molecular complexity index is 1150. The van der Waals surface area contributed by atoms with Gasteiger partial charge in [0.2, 0.25) is 12.3 Å². The molecule has 5 nitrogen and oxygen atoms in total. The number of rotatable bonds is 4. The number of aryl methyl sites for hydroxylation is 2. The van der Waals surface area contributed by atoms with Crippen LogP contribution in [0.1, 0.15) is 38.7 Å². The van der Waals surface area contributed by atoms with Gasteiger partial charge in [-0.25, -0.2) is 0 Å². The number of hydrogen-bond acceptors (Lipinski definition) is 2. The van der Waals surface area contributed by atoms with Crippen molar-refractivity contribution in [2.45, 2.75) is 25.9 Å². The first-order valence-electron chi connectivity index (χ1n) is 10.0. The molecule has 0 unspecified atom stereocenters. The normalized spacial score (nSPS) is 19.3. The molecule has 4 rings (SSSR count). The van der Waals surface area contributed by atoms with Gasteiger partial charge in [-0.3, -0.25) is 9.59 Å². The van der Waals surface area contributed by atoms with Gasteiger partial charge in [0, 0.05) is 21.7 Å². The number of hydrogen-bond donors (Lipinski definition) is 2. The summed E-state index contributed by atoms with van der Waals surface area (Å²) in [7, 11) is 0. The molecule has 1 saturated heterocycles. The Hall–Kier alpha value is -3.44. The average molecular weight is 433 g/mol. The van der Waals surface area contributed by atoms with E-state index in [1.165, 1.54) is 0 Å². The van der Waals surface area contributed by atoms with Crippen LogP contribution in [0.25, 0.3) is 0 Å². The van der Waals surface area contributed by atoms with Crippen molar-refractivity contribution in [2.24, 2.45) is 0 Å². The molecular formula is C25H23ClN3O2+. The molecule has 0 aliphatic carbocycles. The standard InChI is InChI=1S/C25H22ClN3O2/c1-16-7-9-19(10-8-16)24(30)27-22-23(18-11-13-21(26)14-12-18)29(28-25(22)31)15-20-6-4-3-5-17(20)2/h3-15,22-23H,1-2H3,(H-,27,28,30,31)/p+1/b29-15-/t22-,23+/m0/s1. The van der Waals surface area contributed by atoms with Gasteiger partial charge in [-0.1, -0.05) is 59.6 Å². The van der Waals surface area contributed by atoms with Crippen molar-refractivity contribution in [1.82, 2.24) is 10.7 Å². The van der Waals surface area contributed by atoms with Crippen LogP contribution in [0, 0.1) is 13.8 Å². The summed E-state index contributed by atoms with van der Waals surface area (Å²) in [5.41, 5.74) is 7.40. The summed E-state index contributed by atoms with van der Waals surface area (Å²) in [5.74, 6) is -0.567. The highest BCUT2D eigenvalue weighted by molar-refractivity contribution is 6.30. The van der Waals surface area contributed by atoms with E-state index in [1.54, 1.807) is 28.9 Å². The number of carbonyl (C=O) groups is 2. The molecule has 3 aromatic rings. The minimum absolute atomic E-state index is 0.273. The minimum Gasteiger partial charge on any atom is -0.334 e. The number of nitrogens with zero attached hydrogens (tertiary/aromatic N) is 1. The third kappa shape index (κ3) is 4.52. The van der Waals surface area contributed by atoms with Gasteiger partial charge < -0.3 is 5.32 Å². The Kier molecular flexibility index (Phi) is 5.87. The lowest BCUT2D eigenvalue weighted by molar-refractivity contribution is -0.596. The Morgan fingerprint density at radius 1 is 1.00 bits per heavy atom. The van der Waals surface area contributed by atoms with E-state index in [9.17, 15) is 9.59 Å². The topological polar surface area (TPSA) is 61.2 Å². The summed E-state index contributed by atoms with van der Waals surface area (Å²) in [6.07, 6.45) is 1.89. The van der Waals surface area contributed by atoms with Crippen LogP contribution in [-0.4, -0.2) is 28.8 Å². The first-order valence-corrected chi connectivity index (χ1v) is 10.4. The van der Waals surface area contributed by atoms with Crippen molar-refractivity contribution in [3.63, 3.8) is 0 Å². The van der Waals surface area contributed by atoms with E-state index in [2.05, 4.69) is 10.7 Å². The minimum atomic E-state index is -0.768. The van der Waals surface area contributed by atoms with Crippen LogP contribution in [0.3, 0.4) is 0 Å². The summed E-state index contributed by atoms with van der Waals surface area (Å²) in [4.78, 5) is 25.8. The zero-order chi connectivity index (χ0) is 22.0. The summed E-state index contributed by atoms with van der Waals surface area (Å²) in [6.45, 7) is 3.97.